The van der Waals surface area contributed by atoms with Crippen molar-refractivity contribution in [3.8, 4) is 0 Å². The van der Waals surface area contributed by atoms with Crippen molar-refractivity contribution in [3.05, 3.63) is 65.7 Å². The zero-order valence-corrected chi connectivity index (χ0v) is 13.1. The molecule has 0 aliphatic heterocycles. The molecular weight excluding hydrogens is 272 g/mol. The smallest absolute Gasteiger partial charge is 0.220 e. The molecule has 0 heterocycles. The lowest BCUT2D eigenvalue weighted by atomic mass is 9.96. The van der Waals surface area contributed by atoms with Crippen LogP contribution in [0.1, 0.15) is 36.8 Å². The van der Waals surface area contributed by atoms with Crippen molar-refractivity contribution in [2.24, 2.45) is 0 Å². The molecule has 0 saturated carbocycles. The molecule has 0 radical (unpaired) electrons. The van der Waals surface area contributed by atoms with Gasteiger partial charge in [0.2, 0.25) is 5.91 Å². The monoisotopic (exact) mass is 296 g/mol. The molecule has 1 amide bonds. The van der Waals surface area contributed by atoms with E-state index < -0.39 is 0 Å². The van der Waals surface area contributed by atoms with Gasteiger partial charge in [-0.25, -0.2) is 0 Å². The zero-order chi connectivity index (χ0) is 15.8. The molecule has 0 fully saturated rings. The average Bonchev–Trinajstić information content (AvgIpc) is 2.55. The lowest BCUT2D eigenvalue weighted by molar-refractivity contribution is -0.121. The quantitative estimate of drug-likeness (QED) is 0.768. The van der Waals surface area contributed by atoms with E-state index in [9.17, 15) is 4.79 Å². The summed E-state index contributed by atoms with van der Waals surface area (Å²) in [5, 5.41) is 3.04. The summed E-state index contributed by atoms with van der Waals surface area (Å²) >= 11 is 0. The molecule has 3 nitrogen and oxygen atoms in total. The molecule has 2 rings (SSSR count). The molecule has 22 heavy (non-hydrogen) atoms. The standard InChI is InChI=1S/C19H24N2O/c1-2-15(16-8-4-3-5-9-16)14-21-19(22)13-12-17-10-6-7-11-18(17)20/h3-11,15H,2,12-14,20H2,1H3,(H,21,22). The molecule has 0 aliphatic rings. The first kappa shape index (κ1) is 16.1. The van der Waals surface area contributed by atoms with Crippen LogP contribution in [0.4, 0.5) is 5.69 Å². The van der Waals surface area contributed by atoms with Crippen LogP contribution >= 0.6 is 0 Å². The maximum absolute atomic E-state index is 12.0. The highest BCUT2D eigenvalue weighted by Crippen LogP contribution is 2.18. The van der Waals surface area contributed by atoms with E-state index in [2.05, 4.69) is 24.4 Å². The van der Waals surface area contributed by atoms with E-state index in [4.69, 9.17) is 5.73 Å². The number of aryl methyl sites for hydroxylation is 1. The van der Waals surface area contributed by atoms with Gasteiger partial charge >= 0.3 is 0 Å². The summed E-state index contributed by atoms with van der Waals surface area (Å²) in [6, 6.07) is 18.0. The zero-order valence-electron chi connectivity index (χ0n) is 13.1. The van der Waals surface area contributed by atoms with E-state index >= 15 is 0 Å². The van der Waals surface area contributed by atoms with E-state index in [-0.39, 0.29) is 5.91 Å². The van der Waals surface area contributed by atoms with Crippen molar-refractivity contribution in [2.45, 2.75) is 32.1 Å². The number of hydrogen-bond donors (Lipinski definition) is 2. The lowest BCUT2D eigenvalue weighted by Gasteiger charge is -2.16. The fourth-order valence-electron chi connectivity index (χ4n) is 2.56. The predicted molar refractivity (Wildman–Crippen MR) is 91.7 cm³/mol. The van der Waals surface area contributed by atoms with Crippen LogP contribution in [0.2, 0.25) is 0 Å². The number of carbonyl (C=O) groups is 1. The van der Waals surface area contributed by atoms with Gasteiger partial charge < -0.3 is 11.1 Å². The van der Waals surface area contributed by atoms with E-state index in [1.165, 1.54) is 5.56 Å². The summed E-state index contributed by atoms with van der Waals surface area (Å²) in [7, 11) is 0. The number of rotatable bonds is 7. The Morgan fingerprint density at radius 2 is 1.77 bits per heavy atom. The molecule has 1 unspecified atom stereocenters. The summed E-state index contributed by atoms with van der Waals surface area (Å²) in [4.78, 5) is 12.0. The van der Waals surface area contributed by atoms with Crippen LogP contribution in [0.5, 0.6) is 0 Å². The predicted octanol–water partition coefficient (Wildman–Crippen LogP) is 3.51. The third-order valence-corrected chi connectivity index (χ3v) is 3.99. The third-order valence-electron chi connectivity index (χ3n) is 3.99. The van der Waals surface area contributed by atoms with Crippen molar-refractivity contribution in [1.29, 1.82) is 0 Å². The van der Waals surface area contributed by atoms with Crippen LogP contribution in [0.3, 0.4) is 0 Å². The molecule has 0 spiro atoms. The summed E-state index contributed by atoms with van der Waals surface area (Å²) in [6.07, 6.45) is 2.16. The van der Waals surface area contributed by atoms with Gasteiger partial charge in [-0.2, -0.15) is 0 Å². The van der Waals surface area contributed by atoms with Gasteiger partial charge in [-0.1, -0.05) is 55.5 Å². The van der Waals surface area contributed by atoms with Crippen molar-refractivity contribution in [3.63, 3.8) is 0 Å². The van der Waals surface area contributed by atoms with Gasteiger partial charge in [-0.15, -0.1) is 0 Å². The molecular formula is C19H24N2O. The highest BCUT2D eigenvalue weighted by molar-refractivity contribution is 5.76. The highest BCUT2D eigenvalue weighted by Gasteiger charge is 2.11. The van der Waals surface area contributed by atoms with Crippen LogP contribution in [0, 0.1) is 0 Å². The Balaban J connectivity index is 1.81. The Kier molecular flexibility index (Phi) is 6.01. The first-order valence-electron chi connectivity index (χ1n) is 7.85. The van der Waals surface area contributed by atoms with Gasteiger partial charge in [-0.05, 0) is 30.0 Å². The summed E-state index contributed by atoms with van der Waals surface area (Å²) in [5.41, 5.74) is 8.96. The molecule has 0 aromatic heterocycles. The Bertz CT molecular complexity index is 595. The second-order valence-corrected chi connectivity index (χ2v) is 5.52. The summed E-state index contributed by atoms with van der Waals surface area (Å²) in [6.45, 7) is 2.83. The van der Waals surface area contributed by atoms with Gasteiger partial charge in [0, 0.05) is 24.6 Å². The molecule has 0 bridgehead atoms. The second-order valence-electron chi connectivity index (χ2n) is 5.52. The second kappa shape index (κ2) is 8.23. The van der Waals surface area contributed by atoms with Crippen molar-refractivity contribution < 1.29 is 4.79 Å². The minimum atomic E-state index is 0.0811. The number of nitrogens with one attached hydrogen (secondary N) is 1. The highest BCUT2D eigenvalue weighted by atomic mass is 16.1. The average molecular weight is 296 g/mol. The van der Waals surface area contributed by atoms with Crippen LogP contribution < -0.4 is 11.1 Å². The maximum atomic E-state index is 12.0. The number of nitrogen functional groups attached to an aromatic ring is 1. The fourth-order valence-corrected chi connectivity index (χ4v) is 2.56. The van der Waals surface area contributed by atoms with Crippen LogP contribution in [-0.4, -0.2) is 12.5 Å². The van der Waals surface area contributed by atoms with Gasteiger partial charge in [0.15, 0.2) is 0 Å². The maximum Gasteiger partial charge on any atom is 0.220 e. The molecule has 2 aromatic rings. The van der Waals surface area contributed by atoms with Crippen molar-refractivity contribution in [1.82, 2.24) is 5.32 Å². The van der Waals surface area contributed by atoms with Gasteiger partial charge in [0.1, 0.15) is 0 Å². The Hall–Kier alpha value is -2.29. The van der Waals surface area contributed by atoms with Crippen LogP contribution in [0.25, 0.3) is 0 Å². The topological polar surface area (TPSA) is 55.1 Å². The lowest BCUT2D eigenvalue weighted by Crippen LogP contribution is -2.28. The number of para-hydroxylation sites is 1. The van der Waals surface area contributed by atoms with Crippen LogP contribution in [0.15, 0.2) is 54.6 Å². The Morgan fingerprint density at radius 3 is 2.45 bits per heavy atom. The summed E-state index contributed by atoms with van der Waals surface area (Å²) < 4.78 is 0. The van der Waals surface area contributed by atoms with Gasteiger partial charge in [-0.3, -0.25) is 4.79 Å². The van der Waals surface area contributed by atoms with Crippen LogP contribution in [-0.2, 0) is 11.2 Å². The molecule has 3 N–H and O–H groups in total. The fraction of sp³-hybridized carbons (Fsp3) is 0.316. The first-order chi connectivity index (χ1) is 10.7. The number of amides is 1. The minimum Gasteiger partial charge on any atom is -0.399 e. The molecule has 2 aromatic carbocycles. The molecule has 3 heteroatoms. The van der Waals surface area contributed by atoms with Gasteiger partial charge in [0.25, 0.3) is 0 Å². The number of nitrogens with two attached hydrogens (primary N) is 1. The molecule has 0 saturated heterocycles. The van der Waals surface area contributed by atoms with Gasteiger partial charge in [0.05, 0.1) is 0 Å². The number of benzene rings is 2. The van der Waals surface area contributed by atoms with E-state index in [1.54, 1.807) is 0 Å². The van der Waals surface area contributed by atoms with E-state index in [0.29, 0.717) is 25.3 Å². The summed E-state index contributed by atoms with van der Waals surface area (Å²) in [5.74, 6) is 0.449. The Morgan fingerprint density at radius 1 is 1.09 bits per heavy atom. The number of hydrogen-bond acceptors (Lipinski definition) is 2. The number of carbonyl (C=O) groups excluding carboxylic acids is 1. The number of anilines is 1. The van der Waals surface area contributed by atoms with Crippen molar-refractivity contribution >= 4 is 11.6 Å². The molecule has 0 aliphatic carbocycles. The largest absolute Gasteiger partial charge is 0.399 e. The normalized spacial score (nSPS) is 11.9. The SMILES string of the molecule is CCC(CNC(=O)CCc1ccccc1N)c1ccccc1. The third kappa shape index (κ3) is 4.62. The first-order valence-corrected chi connectivity index (χ1v) is 7.85. The molecule has 116 valence electrons. The minimum absolute atomic E-state index is 0.0811. The van der Waals surface area contributed by atoms with E-state index in [0.717, 1.165) is 17.7 Å². The van der Waals surface area contributed by atoms with E-state index in [1.807, 2.05) is 42.5 Å². The molecule has 1 atom stereocenters. The van der Waals surface area contributed by atoms with Crippen molar-refractivity contribution in [2.75, 3.05) is 12.3 Å². The Labute approximate surface area is 132 Å².